The minimum Gasteiger partial charge on any atom is -0.546 e. The number of aliphatic carboxylic acids is 1. The van der Waals surface area contributed by atoms with Crippen LogP contribution in [0.25, 0.3) is 0 Å². The maximum atomic E-state index is 12.4. The van der Waals surface area contributed by atoms with E-state index in [-0.39, 0.29) is 6.04 Å². The van der Waals surface area contributed by atoms with E-state index >= 15 is 0 Å². The first-order valence-corrected chi connectivity index (χ1v) is 10.0. The third-order valence-electron chi connectivity index (χ3n) is 5.92. The topological polar surface area (TPSA) is 63.6 Å². The first-order chi connectivity index (χ1) is 13.3. The molecule has 0 saturated carbocycles. The molecular formula is C24H32NO3-. The van der Waals surface area contributed by atoms with Gasteiger partial charge < -0.3 is 19.9 Å². The fourth-order valence-electron chi connectivity index (χ4n) is 3.79. The molecule has 0 spiro atoms. The molecule has 2 unspecified atom stereocenters. The Kier molecular flexibility index (Phi) is 7.39. The second-order valence-electron chi connectivity index (χ2n) is 7.77. The lowest BCUT2D eigenvalue weighted by Crippen LogP contribution is -2.48. The predicted octanol–water partition coefficient (Wildman–Crippen LogP) is 3.27. The van der Waals surface area contributed by atoms with E-state index in [0.29, 0.717) is 17.0 Å². The van der Waals surface area contributed by atoms with E-state index in [9.17, 15) is 15.0 Å². The average molecular weight is 383 g/mol. The van der Waals surface area contributed by atoms with Crippen molar-refractivity contribution in [2.45, 2.75) is 51.7 Å². The molecular weight excluding hydrogens is 350 g/mol. The van der Waals surface area contributed by atoms with E-state index in [1.807, 2.05) is 44.1 Å². The van der Waals surface area contributed by atoms with Crippen molar-refractivity contribution < 1.29 is 15.0 Å². The van der Waals surface area contributed by atoms with Crippen LogP contribution in [0.15, 0.2) is 48.5 Å². The number of rotatable bonds is 9. The number of carbonyl (C=O) groups excluding carboxylic acids is 1. The minimum absolute atomic E-state index is 0.0637. The molecule has 0 radical (unpaired) electrons. The molecule has 2 rings (SSSR count). The Morgan fingerprint density at radius 3 is 2.18 bits per heavy atom. The van der Waals surface area contributed by atoms with Gasteiger partial charge >= 0.3 is 0 Å². The van der Waals surface area contributed by atoms with Crippen molar-refractivity contribution in [2.75, 3.05) is 14.1 Å². The van der Waals surface area contributed by atoms with E-state index < -0.39 is 11.6 Å². The summed E-state index contributed by atoms with van der Waals surface area (Å²) in [6.45, 7) is 6.30. The van der Waals surface area contributed by atoms with Gasteiger partial charge in [0.05, 0.1) is 5.97 Å². The molecule has 0 aromatic heterocycles. The maximum Gasteiger partial charge on any atom is 0.155 e. The third-order valence-corrected chi connectivity index (χ3v) is 5.92. The molecule has 0 saturated heterocycles. The van der Waals surface area contributed by atoms with E-state index in [4.69, 9.17) is 0 Å². The number of nitrogens with zero attached hydrogens (tertiary/aromatic N) is 1. The highest BCUT2D eigenvalue weighted by molar-refractivity contribution is 5.83. The van der Waals surface area contributed by atoms with Gasteiger partial charge in [0.2, 0.25) is 0 Å². The van der Waals surface area contributed by atoms with Gasteiger partial charge in [-0.15, -0.1) is 0 Å². The monoisotopic (exact) mass is 382 g/mol. The minimum atomic E-state index is -2.20. The second kappa shape index (κ2) is 9.35. The summed E-state index contributed by atoms with van der Waals surface area (Å²) in [4.78, 5) is 14.4. The van der Waals surface area contributed by atoms with Crippen molar-refractivity contribution in [1.82, 2.24) is 4.90 Å². The summed E-state index contributed by atoms with van der Waals surface area (Å²) in [6, 6.07) is 14.3. The molecule has 28 heavy (non-hydrogen) atoms. The van der Waals surface area contributed by atoms with E-state index in [2.05, 4.69) is 13.8 Å². The molecule has 2 aromatic rings. The predicted molar refractivity (Wildman–Crippen MR) is 111 cm³/mol. The van der Waals surface area contributed by atoms with Gasteiger partial charge in [-0.1, -0.05) is 75.2 Å². The van der Waals surface area contributed by atoms with E-state index in [0.717, 1.165) is 30.4 Å². The number of hydrogen-bond acceptors (Lipinski definition) is 4. The smallest absolute Gasteiger partial charge is 0.155 e. The fourth-order valence-corrected chi connectivity index (χ4v) is 3.79. The standard InChI is InChI=1S/C24H33NO3/c1-6-18(7-2)16-19-12-11-15-21(17(3)25(4)5)22(19)24(28,23(26)27)20-13-9-8-10-14-20/h8-15,17-18,28H,6-7,16H2,1-5H3,(H,26,27)/p-1. The van der Waals surface area contributed by atoms with Gasteiger partial charge in [-0.3, -0.25) is 0 Å². The van der Waals surface area contributed by atoms with Gasteiger partial charge in [-0.2, -0.15) is 0 Å². The molecule has 0 fully saturated rings. The van der Waals surface area contributed by atoms with Gasteiger partial charge in [-0.05, 0) is 50.0 Å². The lowest BCUT2D eigenvalue weighted by molar-refractivity contribution is -0.323. The third kappa shape index (κ3) is 4.29. The highest BCUT2D eigenvalue weighted by Crippen LogP contribution is 2.39. The molecule has 152 valence electrons. The first kappa shape index (κ1) is 22.1. The lowest BCUT2D eigenvalue weighted by Gasteiger charge is -2.37. The Morgan fingerprint density at radius 2 is 1.68 bits per heavy atom. The Bertz CT molecular complexity index is 784. The summed E-state index contributed by atoms with van der Waals surface area (Å²) in [5, 5.41) is 24.0. The largest absolute Gasteiger partial charge is 0.546 e. The molecule has 0 bridgehead atoms. The quantitative estimate of drug-likeness (QED) is 0.723. The Hall–Kier alpha value is -2.17. The Balaban J connectivity index is 2.81. The van der Waals surface area contributed by atoms with Crippen LogP contribution in [0.2, 0.25) is 0 Å². The molecule has 0 heterocycles. The van der Waals surface area contributed by atoms with E-state index in [1.54, 1.807) is 30.3 Å². The second-order valence-corrected chi connectivity index (χ2v) is 7.77. The van der Waals surface area contributed by atoms with Crippen molar-refractivity contribution >= 4 is 5.97 Å². The highest BCUT2D eigenvalue weighted by Gasteiger charge is 2.38. The summed E-state index contributed by atoms with van der Waals surface area (Å²) in [6.07, 6.45) is 2.72. The van der Waals surface area contributed by atoms with Crippen LogP contribution in [0.1, 0.15) is 61.9 Å². The number of hydrogen-bond donors (Lipinski definition) is 1. The molecule has 0 aliphatic carbocycles. The van der Waals surface area contributed by atoms with Crippen molar-refractivity contribution in [3.05, 3.63) is 70.8 Å². The zero-order chi connectivity index (χ0) is 20.9. The number of carboxylic acids is 1. The van der Waals surface area contributed by atoms with Crippen LogP contribution in [0.4, 0.5) is 0 Å². The highest BCUT2D eigenvalue weighted by atomic mass is 16.4. The number of carbonyl (C=O) groups is 1. The number of aliphatic hydroxyl groups is 1. The van der Waals surface area contributed by atoms with Crippen molar-refractivity contribution in [3.8, 4) is 0 Å². The molecule has 2 atom stereocenters. The molecule has 0 aliphatic rings. The van der Waals surface area contributed by atoms with Gasteiger partial charge in [0.15, 0.2) is 5.60 Å². The van der Waals surface area contributed by atoms with Crippen molar-refractivity contribution in [2.24, 2.45) is 5.92 Å². The molecule has 0 aliphatic heterocycles. The van der Waals surface area contributed by atoms with Gasteiger partial charge in [0, 0.05) is 11.6 Å². The molecule has 4 heteroatoms. The van der Waals surface area contributed by atoms with Crippen molar-refractivity contribution in [3.63, 3.8) is 0 Å². The Labute approximate surface area is 168 Å². The zero-order valence-electron chi connectivity index (χ0n) is 17.6. The van der Waals surface area contributed by atoms with Crippen LogP contribution in [-0.2, 0) is 16.8 Å². The number of benzene rings is 2. The van der Waals surface area contributed by atoms with Crippen LogP contribution in [0, 0.1) is 5.92 Å². The Morgan fingerprint density at radius 1 is 1.07 bits per heavy atom. The first-order valence-electron chi connectivity index (χ1n) is 10.0. The van der Waals surface area contributed by atoms with E-state index in [1.165, 1.54) is 0 Å². The normalized spacial score (nSPS) is 14.9. The van der Waals surface area contributed by atoms with Crippen molar-refractivity contribution in [1.29, 1.82) is 0 Å². The van der Waals surface area contributed by atoms with Crippen LogP contribution in [0.5, 0.6) is 0 Å². The molecule has 0 amide bonds. The molecule has 2 aromatic carbocycles. The van der Waals surface area contributed by atoms with Crippen LogP contribution < -0.4 is 5.11 Å². The summed E-state index contributed by atoms with van der Waals surface area (Å²) in [5.41, 5.74) is 0.247. The molecule has 4 nitrogen and oxygen atoms in total. The molecule has 1 N–H and O–H groups in total. The average Bonchev–Trinajstić information content (AvgIpc) is 2.70. The number of carboxylic acid groups (broad SMARTS) is 1. The van der Waals surface area contributed by atoms with Gasteiger partial charge in [-0.25, -0.2) is 0 Å². The van der Waals surface area contributed by atoms with Gasteiger partial charge in [0.25, 0.3) is 0 Å². The summed E-state index contributed by atoms with van der Waals surface area (Å²) >= 11 is 0. The fraction of sp³-hybridized carbons (Fsp3) is 0.458. The van der Waals surface area contributed by atoms with Crippen LogP contribution >= 0.6 is 0 Å². The lowest BCUT2D eigenvalue weighted by atomic mass is 9.77. The summed E-state index contributed by atoms with van der Waals surface area (Å²) < 4.78 is 0. The van der Waals surface area contributed by atoms with Crippen LogP contribution in [0.3, 0.4) is 0 Å². The maximum absolute atomic E-state index is 12.4. The SMILES string of the molecule is CCC(CC)Cc1cccc(C(C)N(C)C)c1C(O)(C(=O)[O-])c1ccccc1. The summed E-state index contributed by atoms with van der Waals surface area (Å²) in [5.74, 6) is -1.08. The zero-order valence-corrected chi connectivity index (χ0v) is 17.6. The van der Waals surface area contributed by atoms with Gasteiger partial charge in [0.1, 0.15) is 0 Å². The van der Waals surface area contributed by atoms with Crippen LogP contribution in [-0.4, -0.2) is 30.1 Å². The summed E-state index contributed by atoms with van der Waals surface area (Å²) in [7, 11) is 3.89.